The van der Waals surface area contributed by atoms with Crippen molar-refractivity contribution in [3.8, 4) is 0 Å². The Labute approximate surface area is 116 Å². The molecule has 0 spiro atoms. The van der Waals surface area contributed by atoms with Gasteiger partial charge in [-0.15, -0.1) is 11.3 Å². The molecule has 0 saturated heterocycles. The van der Waals surface area contributed by atoms with Gasteiger partial charge in [-0.05, 0) is 25.0 Å². The van der Waals surface area contributed by atoms with E-state index in [9.17, 15) is 4.79 Å². The molecule has 5 N–H and O–H groups in total. The van der Waals surface area contributed by atoms with Gasteiger partial charge in [0.05, 0.1) is 10.7 Å². The molecule has 0 unspecified atom stereocenters. The average Bonchev–Trinajstić information content (AvgIpc) is 2.71. The Hall–Kier alpha value is -2.01. The van der Waals surface area contributed by atoms with Crippen LogP contribution in [0, 0.1) is 6.92 Å². The average molecular weight is 275 g/mol. The molecule has 1 heterocycles. The molecule has 1 aromatic carbocycles. The Balaban J connectivity index is 1.92. The van der Waals surface area contributed by atoms with Crippen molar-refractivity contribution in [1.82, 2.24) is 0 Å². The standard InChI is InChI=1S/C14H17N3OS/c1-9-3-2-4-10(7-9)5-6-17-12-8-11(15)13(19-12)14(16)18/h2-4,7-8,17H,5-6,15H2,1H3,(H2,16,18). The zero-order chi connectivity index (χ0) is 13.8. The number of nitrogens with two attached hydrogens (primary N) is 2. The van der Waals surface area contributed by atoms with Crippen molar-refractivity contribution in [2.45, 2.75) is 13.3 Å². The summed E-state index contributed by atoms with van der Waals surface area (Å²) in [5, 5.41) is 4.13. The summed E-state index contributed by atoms with van der Waals surface area (Å²) in [5.74, 6) is -0.478. The highest BCUT2D eigenvalue weighted by Crippen LogP contribution is 2.28. The Kier molecular flexibility index (Phi) is 4.06. The Bertz CT molecular complexity index is 592. The summed E-state index contributed by atoms with van der Waals surface area (Å²) < 4.78 is 0. The fraction of sp³-hybridized carbons (Fsp3) is 0.214. The van der Waals surface area contributed by atoms with Crippen molar-refractivity contribution in [2.24, 2.45) is 5.73 Å². The number of benzene rings is 1. The van der Waals surface area contributed by atoms with Crippen molar-refractivity contribution >= 4 is 27.9 Å². The number of anilines is 2. The van der Waals surface area contributed by atoms with Crippen molar-refractivity contribution in [3.05, 3.63) is 46.3 Å². The number of amides is 1. The third-order valence-corrected chi connectivity index (χ3v) is 3.90. The van der Waals surface area contributed by atoms with Crippen molar-refractivity contribution in [3.63, 3.8) is 0 Å². The number of aryl methyl sites for hydroxylation is 1. The van der Waals surface area contributed by atoms with Gasteiger partial charge in [0, 0.05) is 6.54 Å². The number of primary amides is 1. The van der Waals surface area contributed by atoms with E-state index in [-0.39, 0.29) is 0 Å². The number of carbonyl (C=O) groups excluding carboxylic acids is 1. The molecule has 2 rings (SSSR count). The lowest BCUT2D eigenvalue weighted by Gasteiger charge is -2.04. The zero-order valence-corrected chi connectivity index (χ0v) is 11.6. The highest BCUT2D eigenvalue weighted by Gasteiger charge is 2.10. The second kappa shape index (κ2) is 5.75. The normalized spacial score (nSPS) is 10.4. The summed E-state index contributed by atoms with van der Waals surface area (Å²) in [7, 11) is 0. The highest BCUT2D eigenvalue weighted by atomic mass is 32.1. The minimum Gasteiger partial charge on any atom is -0.397 e. The van der Waals surface area contributed by atoms with E-state index in [1.807, 2.05) is 0 Å². The van der Waals surface area contributed by atoms with Crippen LogP contribution in [0.3, 0.4) is 0 Å². The second-order valence-electron chi connectivity index (χ2n) is 4.43. The number of hydrogen-bond donors (Lipinski definition) is 3. The van der Waals surface area contributed by atoms with Gasteiger partial charge in [-0.25, -0.2) is 0 Å². The fourth-order valence-electron chi connectivity index (χ4n) is 1.88. The van der Waals surface area contributed by atoms with E-state index in [0.29, 0.717) is 10.6 Å². The molecular weight excluding hydrogens is 258 g/mol. The van der Waals surface area contributed by atoms with Crippen LogP contribution in [0.5, 0.6) is 0 Å². The summed E-state index contributed by atoms with van der Waals surface area (Å²) in [5.41, 5.74) is 13.9. The van der Waals surface area contributed by atoms with Crippen LogP contribution in [0.1, 0.15) is 20.8 Å². The number of nitrogens with one attached hydrogen (secondary N) is 1. The van der Waals surface area contributed by atoms with Gasteiger partial charge in [0.15, 0.2) is 0 Å². The van der Waals surface area contributed by atoms with Crippen molar-refractivity contribution < 1.29 is 4.79 Å². The molecule has 4 nitrogen and oxygen atoms in total. The lowest BCUT2D eigenvalue weighted by atomic mass is 10.1. The van der Waals surface area contributed by atoms with Gasteiger partial charge in [0.2, 0.25) is 0 Å². The molecule has 0 atom stereocenters. The van der Waals surface area contributed by atoms with Gasteiger partial charge < -0.3 is 16.8 Å². The largest absolute Gasteiger partial charge is 0.397 e. The van der Waals surface area contributed by atoms with Crippen LogP contribution < -0.4 is 16.8 Å². The van der Waals surface area contributed by atoms with Crippen LogP contribution in [0.2, 0.25) is 0 Å². The van der Waals surface area contributed by atoms with Crippen LogP contribution in [-0.2, 0) is 6.42 Å². The maximum absolute atomic E-state index is 11.1. The van der Waals surface area contributed by atoms with Gasteiger partial charge in [0.1, 0.15) is 4.88 Å². The van der Waals surface area contributed by atoms with E-state index in [1.54, 1.807) is 6.07 Å². The molecule has 0 saturated carbocycles. The predicted octanol–water partition coefficient (Wildman–Crippen LogP) is 2.39. The zero-order valence-electron chi connectivity index (χ0n) is 10.8. The fourth-order valence-corrected chi connectivity index (χ4v) is 2.74. The van der Waals surface area contributed by atoms with E-state index in [0.717, 1.165) is 18.0 Å². The quantitative estimate of drug-likeness (QED) is 0.783. The minimum atomic E-state index is -0.478. The van der Waals surface area contributed by atoms with E-state index in [2.05, 4.69) is 36.5 Å². The molecule has 0 aliphatic heterocycles. The molecule has 0 aliphatic rings. The highest BCUT2D eigenvalue weighted by molar-refractivity contribution is 7.18. The van der Waals surface area contributed by atoms with Crippen LogP contribution >= 0.6 is 11.3 Å². The smallest absolute Gasteiger partial charge is 0.260 e. The third-order valence-electron chi connectivity index (χ3n) is 2.78. The van der Waals surface area contributed by atoms with Gasteiger partial charge in [-0.3, -0.25) is 4.79 Å². The molecule has 1 amide bonds. The van der Waals surface area contributed by atoms with Gasteiger partial charge in [0.25, 0.3) is 5.91 Å². The Morgan fingerprint density at radius 2 is 2.16 bits per heavy atom. The molecule has 0 aliphatic carbocycles. The maximum atomic E-state index is 11.1. The monoisotopic (exact) mass is 275 g/mol. The minimum absolute atomic E-state index is 0.415. The molecule has 5 heteroatoms. The number of carbonyl (C=O) groups is 1. The van der Waals surface area contributed by atoms with Crippen LogP contribution in [0.15, 0.2) is 30.3 Å². The summed E-state index contributed by atoms with van der Waals surface area (Å²) in [6.07, 6.45) is 0.922. The van der Waals surface area contributed by atoms with Crippen LogP contribution in [0.25, 0.3) is 0 Å². The van der Waals surface area contributed by atoms with E-state index in [1.165, 1.54) is 22.5 Å². The molecule has 19 heavy (non-hydrogen) atoms. The Morgan fingerprint density at radius 1 is 1.37 bits per heavy atom. The first kappa shape index (κ1) is 13.4. The number of rotatable bonds is 5. The van der Waals surface area contributed by atoms with Crippen LogP contribution in [0.4, 0.5) is 10.7 Å². The summed E-state index contributed by atoms with van der Waals surface area (Å²) in [6.45, 7) is 2.87. The number of thiophene rings is 1. The first-order valence-electron chi connectivity index (χ1n) is 6.05. The first-order valence-corrected chi connectivity index (χ1v) is 6.86. The van der Waals surface area contributed by atoms with Crippen LogP contribution in [-0.4, -0.2) is 12.5 Å². The Morgan fingerprint density at radius 3 is 2.79 bits per heavy atom. The molecule has 0 fully saturated rings. The molecule has 1 aromatic heterocycles. The second-order valence-corrected chi connectivity index (χ2v) is 5.48. The van der Waals surface area contributed by atoms with Gasteiger partial charge in [-0.1, -0.05) is 29.8 Å². The molecular formula is C14H17N3OS. The lowest BCUT2D eigenvalue weighted by Crippen LogP contribution is -2.10. The SMILES string of the molecule is Cc1cccc(CCNc2cc(N)c(C(N)=O)s2)c1. The number of nitrogen functional groups attached to an aromatic ring is 1. The molecule has 2 aromatic rings. The summed E-state index contributed by atoms with van der Waals surface area (Å²) in [6, 6.07) is 10.2. The predicted molar refractivity (Wildman–Crippen MR) is 80.6 cm³/mol. The topological polar surface area (TPSA) is 81.1 Å². The van der Waals surface area contributed by atoms with E-state index in [4.69, 9.17) is 11.5 Å². The van der Waals surface area contributed by atoms with Crippen molar-refractivity contribution in [1.29, 1.82) is 0 Å². The lowest BCUT2D eigenvalue weighted by molar-refractivity contribution is 0.100. The van der Waals surface area contributed by atoms with Gasteiger partial charge in [-0.2, -0.15) is 0 Å². The summed E-state index contributed by atoms with van der Waals surface area (Å²) in [4.78, 5) is 11.5. The van der Waals surface area contributed by atoms with Crippen molar-refractivity contribution in [2.75, 3.05) is 17.6 Å². The molecule has 100 valence electrons. The summed E-state index contributed by atoms with van der Waals surface area (Å²) >= 11 is 1.30. The van der Waals surface area contributed by atoms with E-state index >= 15 is 0 Å². The molecule has 0 bridgehead atoms. The van der Waals surface area contributed by atoms with E-state index < -0.39 is 5.91 Å². The van der Waals surface area contributed by atoms with Gasteiger partial charge >= 0.3 is 0 Å². The first-order chi connectivity index (χ1) is 9.06. The molecule has 0 radical (unpaired) electrons. The number of hydrogen-bond acceptors (Lipinski definition) is 4. The third kappa shape index (κ3) is 3.48. The maximum Gasteiger partial charge on any atom is 0.260 e.